The number of aromatic nitrogens is 1. The summed E-state index contributed by atoms with van der Waals surface area (Å²) in [6.45, 7) is 0. The van der Waals surface area contributed by atoms with E-state index in [-0.39, 0.29) is 21.8 Å². The van der Waals surface area contributed by atoms with Crippen LogP contribution in [0.3, 0.4) is 0 Å². The van der Waals surface area contributed by atoms with Crippen molar-refractivity contribution in [1.29, 1.82) is 5.26 Å². The molecule has 2 aromatic rings. The average Bonchev–Trinajstić information content (AvgIpc) is 2.82. The summed E-state index contributed by atoms with van der Waals surface area (Å²) >= 11 is 0. The standard InChI is InChI=1S/C13H12N4O3S/c1-17-8-10(6-12(17)13(15)18)21(19,20)16-11-5-3-2-4-9(11)7-14/h2-6,8,16H,1H3,(H2,15,18). The smallest absolute Gasteiger partial charge is 0.265 e. The second kappa shape index (κ2) is 5.30. The van der Waals surface area contributed by atoms with E-state index >= 15 is 0 Å². The van der Waals surface area contributed by atoms with Gasteiger partial charge in [-0.1, -0.05) is 12.1 Å². The first kappa shape index (κ1) is 14.6. The zero-order valence-electron chi connectivity index (χ0n) is 11.1. The number of amides is 1. The van der Waals surface area contributed by atoms with E-state index in [1.165, 1.54) is 36.0 Å². The van der Waals surface area contributed by atoms with E-state index in [9.17, 15) is 13.2 Å². The number of rotatable bonds is 4. The molecule has 8 heteroatoms. The number of nitrogens with zero attached hydrogens (tertiary/aromatic N) is 2. The lowest BCUT2D eigenvalue weighted by Crippen LogP contribution is -2.14. The Morgan fingerprint density at radius 3 is 2.62 bits per heavy atom. The van der Waals surface area contributed by atoms with E-state index in [2.05, 4.69) is 4.72 Å². The molecule has 0 aliphatic heterocycles. The third-order valence-corrected chi connectivity index (χ3v) is 4.17. The second-order valence-electron chi connectivity index (χ2n) is 4.30. The third-order valence-electron chi connectivity index (χ3n) is 2.83. The Bertz CT molecular complexity index is 847. The van der Waals surface area contributed by atoms with Crippen molar-refractivity contribution >= 4 is 21.6 Å². The molecule has 0 saturated heterocycles. The SMILES string of the molecule is Cn1cc(S(=O)(=O)Nc2ccccc2C#N)cc1C(N)=O. The first-order valence-electron chi connectivity index (χ1n) is 5.83. The summed E-state index contributed by atoms with van der Waals surface area (Å²) in [4.78, 5) is 11.1. The van der Waals surface area contributed by atoms with Crippen LogP contribution in [0.4, 0.5) is 5.69 Å². The van der Waals surface area contributed by atoms with Crippen LogP contribution in [0.25, 0.3) is 0 Å². The van der Waals surface area contributed by atoms with Gasteiger partial charge >= 0.3 is 0 Å². The summed E-state index contributed by atoms with van der Waals surface area (Å²) in [6, 6.07) is 9.29. The van der Waals surface area contributed by atoms with Crippen molar-refractivity contribution in [3.8, 4) is 6.07 Å². The molecule has 3 N–H and O–H groups in total. The monoisotopic (exact) mass is 304 g/mol. The van der Waals surface area contributed by atoms with Crippen molar-refractivity contribution in [1.82, 2.24) is 4.57 Å². The Labute approximate surface area is 121 Å². The lowest BCUT2D eigenvalue weighted by molar-refractivity contribution is 0.0992. The van der Waals surface area contributed by atoms with Crippen LogP contribution in [0.5, 0.6) is 0 Å². The fraction of sp³-hybridized carbons (Fsp3) is 0.0769. The predicted molar refractivity (Wildman–Crippen MR) is 75.9 cm³/mol. The molecule has 0 aliphatic carbocycles. The highest BCUT2D eigenvalue weighted by molar-refractivity contribution is 7.92. The molecule has 0 unspecified atom stereocenters. The third kappa shape index (κ3) is 2.88. The topological polar surface area (TPSA) is 118 Å². The van der Waals surface area contributed by atoms with Crippen LogP contribution < -0.4 is 10.5 Å². The molecule has 0 spiro atoms. The number of primary amides is 1. The number of anilines is 1. The van der Waals surface area contributed by atoms with Gasteiger partial charge in [-0.25, -0.2) is 8.42 Å². The Kier molecular flexibility index (Phi) is 3.69. The van der Waals surface area contributed by atoms with Gasteiger partial charge in [0.05, 0.1) is 11.3 Å². The number of nitriles is 1. The minimum Gasteiger partial charge on any atom is -0.364 e. The number of para-hydroxylation sites is 1. The molecule has 1 heterocycles. The van der Waals surface area contributed by atoms with Crippen molar-refractivity contribution in [2.45, 2.75) is 4.90 Å². The van der Waals surface area contributed by atoms with Gasteiger partial charge in [-0.3, -0.25) is 9.52 Å². The Balaban J connectivity index is 2.42. The minimum atomic E-state index is -3.91. The molecular formula is C13H12N4O3S. The van der Waals surface area contributed by atoms with Crippen molar-refractivity contribution in [3.63, 3.8) is 0 Å². The first-order chi connectivity index (χ1) is 9.85. The lowest BCUT2D eigenvalue weighted by Gasteiger charge is -2.07. The maximum Gasteiger partial charge on any atom is 0.265 e. The summed E-state index contributed by atoms with van der Waals surface area (Å²) in [5.41, 5.74) is 5.60. The van der Waals surface area contributed by atoms with Crippen LogP contribution in [0, 0.1) is 11.3 Å². The summed E-state index contributed by atoms with van der Waals surface area (Å²) in [6.07, 6.45) is 1.28. The highest BCUT2D eigenvalue weighted by Crippen LogP contribution is 2.20. The number of benzene rings is 1. The van der Waals surface area contributed by atoms with Gasteiger partial charge in [-0.2, -0.15) is 5.26 Å². The van der Waals surface area contributed by atoms with Crippen LogP contribution in [-0.4, -0.2) is 18.9 Å². The number of hydrogen-bond acceptors (Lipinski definition) is 4. The second-order valence-corrected chi connectivity index (χ2v) is 5.98. The van der Waals surface area contributed by atoms with E-state index in [1.807, 2.05) is 6.07 Å². The molecule has 108 valence electrons. The van der Waals surface area contributed by atoms with Gasteiger partial charge in [-0.15, -0.1) is 0 Å². The predicted octanol–water partition coefficient (Wildman–Crippen LogP) is 0.796. The Morgan fingerprint density at radius 1 is 1.38 bits per heavy atom. The first-order valence-corrected chi connectivity index (χ1v) is 7.31. The molecule has 2 rings (SSSR count). The van der Waals surface area contributed by atoms with Gasteiger partial charge < -0.3 is 10.3 Å². The molecule has 0 radical (unpaired) electrons. The van der Waals surface area contributed by atoms with E-state index < -0.39 is 15.9 Å². The molecule has 7 nitrogen and oxygen atoms in total. The molecule has 0 aliphatic rings. The molecule has 0 bridgehead atoms. The maximum absolute atomic E-state index is 12.3. The highest BCUT2D eigenvalue weighted by Gasteiger charge is 2.20. The van der Waals surface area contributed by atoms with E-state index in [0.29, 0.717) is 0 Å². The van der Waals surface area contributed by atoms with Crippen LogP contribution in [-0.2, 0) is 17.1 Å². The van der Waals surface area contributed by atoms with Gasteiger partial charge in [0.2, 0.25) is 0 Å². The van der Waals surface area contributed by atoms with Crippen LogP contribution >= 0.6 is 0 Å². The normalized spacial score (nSPS) is 10.9. The molecule has 21 heavy (non-hydrogen) atoms. The van der Waals surface area contributed by atoms with Gasteiger partial charge in [-0.05, 0) is 18.2 Å². The van der Waals surface area contributed by atoms with Crippen molar-refractivity contribution in [2.75, 3.05) is 4.72 Å². The van der Waals surface area contributed by atoms with Crippen LogP contribution in [0.15, 0.2) is 41.4 Å². The van der Waals surface area contributed by atoms with Crippen LogP contribution in [0.2, 0.25) is 0 Å². The quantitative estimate of drug-likeness (QED) is 0.868. The van der Waals surface area contributed by atoms with E-state index in [0.717, 1.165) is 0 Å². The number of sulfonamides is 1. The molecule has 0 saturated carbocycles. The fourth-order valence-electron chi connectivity index (χ4n) is 1.80. The largest absolute Gasteiger partial charge is 0.364 e. The van der Waals surface area contributed by atoms with Crippen molar-refractivity contribution < 1.29 is 13.2 Å². The molecule has 1 aromatic carbocycles. The number of nitrogens with two attached hydrogens (primary N) is 1. The summed E-state index contributed by atoms with van der Waals surface area (Å²) < 4.78 is 28.2. The lowest BCUT2D eigenvalue weighted by atomic mass is 10.2. The van der Waals surface area contributed by atoms with Crippen molar-refractivity contribution in [3.05, 3.63) is 47.8 Å². The van der Waals surface area contributed by atoms with Gasteiger partial charge in [0, 0.05) is 13.2 Å². The zero-order chi connectivity index (χ0) is 15.6. The van der Waals surface area contributed by atoms with E-state index in [4.69, 9.17) is 11.0 Å². The molecule has 1 aromatic heterocycles. The van der Waals surface area contributed by atoms with Gasteiger partial charge in [0.1, 0.15) is 16.7 Å². The van der Waals surface area contributed by atoms with E-state index in [1.54, 1.807) is 12.1 Å². The number of aryl methyl sites for hydroxylation is 1. The fourth-order valence-corrected chi connectivity index (χ4v) is 2.95. The number of hydrogen-bond donors (Lipinski definition) is 2. The molecule has 0 atom stereocenters. The highest BCUT2D eigenvalue weighted by atomic mass is 32.2. The zero-order valence-corrected chi connectivity index (χ0v) is 11.9. The van der Waals surface area contributed by atoms with Crippen molar-refractivity contribution in [2.24, 2.45) is 12.8 Å². The molecule has 0 fully saturated rings. The maximum atomic E-state index is 12.3. The number of nitrogens with one attached hydrogen (secondary N) is 1. The Hall–Kier alpha value is -2.79. The number of carbonyl (C=O) groups is 1. The van der Waals surface area contributed by atoms with Gasteiger partial charge in [0.15, 0.2) is 0 Å². The minimum absolute atomic E-state index is 0.0731. The summed E-state index contributed by atoms with van der Waals surface area (Å²) in [5, 5.41) is 8.96. The molecule has 1 amide bonds. The Morgan fingerprint density at radius 2 is 2.05 bits per heavy atom. The molecular weight excluding hydrogens is 292 g/mol. The number of carbonyl (C=O) groups excluding carboxylic acids is 1. The summed E-state index contributed by atoms with van der Waals surface area (Å²) in [7, 11) is -2.39. The van der Waals surface area contributed by atoms with Gasteiger partial charge in [0.25, 0.3) is 15.9 Å². The average molecular weight is 304 g/mol. The summed E-state index contributed by atoms with van der Waals surface area (Å²) in [5.74, 6) is -0.726. The van der Waals surface area contributed by atoms with Crippen LogP contribution in [0.1, 0.15) is 16.1 Å².